The van der Waals surface area contributed by atoms with Crippen LogP contribution in [0.3, 0.4) is 0 Å². The molecule has 0 bridgehead atoms. The quantitative estimate of drug-likeness (QED) is 0.277. The lowest BCUT2D eigenvalue weighted by Gasteiger charge is -2.24. The van der Waals surface area contributed by atoms with Gasteiger partial charge in [0, 0.05) is 32.7 Å². The molecule has 0 aromatic heterocycles. The number of nitrogens with zero attached hydrogens (tertiary/aromatic N) is 3. The number of hydrogen-bond acceptors (Lipinski definition) is 4. The zero-order valence-corrected chi connectivity index (χ0v) is 18.2. The van der Waals surface area contributed by atoms with Crippen LogP contribution < -0.4 is 10.6 Å². The second-order valence-corrected chi connectivity index (χ2v) is 6.61. The van der Waals surface area contributed by atoms with Crippen molar-refractivity contribution >= 4 is 41.8 Å². The Morgan fingerprint density at radius 2 is 1.85 bits per heavy atom. The fourth-order valence-corrected chi connectivity index (χ4v) is 3.71. The molecule has 27 heavy (non-hydrogen) atoms. The third-order valence-corrected chi connectivity index (χ3v) is 5.14. The predicted molar refractivity (Wildman–Crippen MR) is 117 cm³/mol. The minimum atomic E-state index is -0.222. The number of aliphatic imine (C=N–C) groups is 1. The average molecular weight is 485 g/mol. The molecule has 3 rings (SSSR count). The fraction of sp³-hybridized carbons (Fsp3) is 0.526. The van der Waals surface area contributed by atoms with Gasteiger partial charge in [-0.25, -0.2) is 0 Å². The Hall–Kier alpha value is -1.68. The van der Waals surface area contributed by atoms with Crippen LogP contribution in [0.25, 0.3) is 0 Å². The Morgan fingerprint density at radius 3 is 2.44 bits per heavy atom. The van der Waals surface area contributed by atoms with Gasteiger partial charge in [0.25, 0.3) is 11.8 Å². The smallest absolute Gasteiger partial charge is 0.261 e. The van der Waals surface area contributed by atoms with E-state index in [2.05, 4.69) is 27.4 Å². The van der Waals surface area contributed by atoms with Crippen molar-refractivity contribution in [3.63, 3.8) is 0 Å². The fourth-order valence-electron chi connectivity index (χ4n) is 3.71. The first-order valence-electron chi connectivity index (χ1n) is 9.29. The predicted octanol–water partition coefficient (Wildman–Crippen LogP) is 1.55. The highest BCUT2D eigenvalue weighted by molar-refractivity contribution is 14.0. The number of imide groups is 1. The minimum absolute atomic E-state index is 0. The number of rotatable bonds is 6. The van der Waals surface area contributed by atoms with E-state index in [0.29, 0.717) is 36.2 Å². The van der Waals surface area contributed by atoms with Crippen LogP contribution in [0.1, 0.15) is 40.5 Å². The molecule has 2 N–H and O–H groups in total. The number of guanidine groups is 1. The zero-order chi connectivity index (χ0) is 18.5. The number of carbonyl (C=O) groups is 2. The topological polar surface area (TPSA) is 77.0 Å². The van der Waals surface area contributed by atoms with E-state index in [1.807, 2.05) is 0 Å². The Bertz CT molecular complexity index is 674. The molecule has 0 spiro atoms. The molecule has 0 saturated carbocycles. The maximum atomic E-state index is 12.3. The summed E-state index contributed by atoms with van der Waals surface area (Å²) in [6.45, 7) is 6.05. The van der Waals surface area contributed by atoms with E-state index in [-0.39, 0.29) is 35.8 Å². The summed E-state index contributed by atoms with van der Waals surface area (Å²) in [5, 5.41) is 6.54. The SMILES string of the molecule is CCN1CCCC1CNC(=NC)NCCN1C(=O)c2ccccc2C1=O.I. The van der Waals surface area contributed by atoms with E-state index in [1.54, 1.807) is 31.3 Å². The summed E-state index contributed by atoms with van der Waals surface area (Å²) in [7, 11) is 1.73. The van der Waals surface area contributed by atoms with E-state index < -0.39 is 0 Å². The standard InChI is InChI=1S/C19H27N5O2.HI/c1-3-23-11-6-7-14(23)13-22-19(20-2)21-10-12-24-17(25)15-8-4-5-9-16(15)18(24)26;/h4-5,8-9,14H,3,6-7,10-13H2,1-2H3,(H2,20,21,22);1H. The Kier molecular flexibility index (Phi) is 8.03. The van der Waals surface area contributed by atoms with E-state index in [0.717, 1.165) is 19.6 Å². The molecule has 1 atom stereocenters. The molecule has 8 heteroatoms. The third kappa shape index (κ3) is 4.78. The van der Waals surface area contributed by atoms with Gasteiger partial charge in [0.1, 0.15) is 0 Å². The van der Waals surface area contributed by atoms with Gasteiger partial charge in [-0.15, -0.1) is 24.0 Å². The molecule has 1 aromatic carbocycles. The number of amides is 2. The molecule has 2 aliphatic rings. The van der Waals surface area contributed by atoms with Gasteiger partial charge in [0.05, 0.1) is 11.1 Å². The van der Waals surface area contributed by atoms with Gasteiger partial charge in [-0.05, 0) is 38.1 Å². The Morgan fingerprint density at radius 1 is 1.19 bits per heavy atom. The van der Waals surface area contributed by atoms with Gasteiger partial charge in [-0.1, -0.05) is 19.1 Å². The summed E-state index contributed by atoms with van der Waals surface area (Å²) < 4.78 is 0. The van der Waals surface area contributed by atoms with Crippen molar-refractivity contribution in [1.82, 2.24) is 20.4 Å². The van der Waals surface area contributed by atoms with Gasteiger partial charge in [0.2, 0.25) is 0 Å². The number of benzene rings is 1. The molecule has 1 unspecified atom stereocenters. The van der Waals surface area contributed by atoms with Crippen molar-refractivity contribution in [2.45, 2.75) is 25.8 Å². The summed E-state index contributed by atoms with van der Waals surface area (Å²) in [4.78, 5) is 32.7. The van der Waals surface area contributed by atoms with Crippen molar-refractivity contribution in [2.75, 3.05) is 39.8 Å². The molecule has 2 amide bonds. The number of carbonyl (C=O) groups excluding carboxylic acids is 2. The zero-order valence-electron chi connectivity index (χ0n) is 15.9. The number of fused-ring (bicyclic) bond motifs is 1. The van der Waals surface area contributed by atoms with Crippen LogP contribution >= 0.6 is 24.0 Å². The molecule has 1 saturated heterocycles. The first-order chi connectivity index (χ1) is 12.7. The van der Waals surface area contributed by atoms with Crippen molar-refractivity contribution < 1.29 is 9.59 Å². The van der Waals surface area contributed by atoms with Crippen LogP contribution in [0.5, 0.6) is 0 Å². The third-order valence-electron chi connectivity index (χ3n) is 5.14. The van der Waals surface area contributed by atoms with Crippen LogP contribution in [-0.4, -0.2) is 73.4 Å². The molecular weight excluding hydrogens is 457 g/mol. The number of likely N-dealkylation sites (N-methyl/N-ethyl adjacent to an activating group) is 1. The van der Waals surface area contributed by atoms with Gasteiger partial charge < -0.3 is 10.6 Å². The summed E-state index contributed by atoms with van der Waals surface area (Å²) in [6, 6.07) is 7.49. The molecular formula is C19H28IN5O2. The number of hydrogen-bond donors (Lipinski definition) is 2. The average Bonchev–Trinajstić information content (AvgIpc) is 3.22. The highest BCUT2D eigenvalue weighted by atomic mass is 127. The van der Waals surface area contributed by atoms with Gasteiger partial charge in [0.15, 0.2) is 5.96 Å². The van der Waals surface area contributed by atoms with Crippen molar-refractivity contribution in [2.24, 2.45) is 4.99 Å². The lowest BCUT2D eigenvalue weighted by molar-refractivity contribution is 0.0657. The number of likely N-dealkylation sites (tertiary alicyclic amines) is 1. The van der Waals surface area contributed by atoms with Crippen LogP contribution in [-0.2, 0) is 0 Å². The summed E-state index contributed by atoms with van der Waals surface area (Å²) >= 11 is 0. The summed E-state index contributed by atoms with van der Waals surface area (Å²) in [6.07, 6.45) is 2.44. The lowest BCUT2D eigenvalue weighted by atomic mass is 10.1. The molecule has 0 aliphatic carbocycles. The second kappa shape index (κ2) is 10.0. The molecule has 2 heterocycles. The number of halogens is 1. The van der Waals surface area contributed by atoms with Crippen LogP contribution in [0, 0.1) is 0 Å². The van der Waals surface area contributed by atoms with E-state index in [1.165, 1.54) is 17.7 Å². The maximum absolute atomic E-state index is 12.3. The maximum Gasteiger partial charge on any atom is 0.261 e. The van der Waals surface area contributed by atoms with Crippen molar-refractivity contribution in [3.8, 4) is 0 Å². The molecule has 7 nitrogen and oxygen atoms in total. The summed E-state index contributed by atoms with van der Waals surface area (Å²) in [5.41, 5.74) is 0.974. The van der Waals surface area contributed by atoms with E-state index >= 15 is 0 Å². The van der Waals surface area contributed by atoms with Crippen LogP contribution in [0.2, 0.25) is 0 Å². The minimum Gasteiger partial charge on any atom is -0.355 e. The van der Waals surface area contributed by atoms with Gasteiger partial charge in [-0.2, -0.15) is 0 Å². The first kappa shape index (κ1) is 21.6. The van der Waals surface area contributed by atoms with Crippen molar-refractivity contribution in [3.05, 3.63) is 35.4 Å². The molecule has 0 radical (unpaired) electrons. The van der Waals surface area contributed by atoms with Crippen molar-refractivity contribution in [1.29, 1.82) is 0 Å². The normalized spacial score (nSPS) is 19.9. The monoisotopic (exact) mass is 485 g/mol. The molecule has 148 valence electrons. The molecule has 2 aliphatic heterocycles. The molecule has 1 fully saturated rings. The molecule has 1 aromatic rings. The Balaban J connectivity index is 0.00000261. The van der Waals surface area contributed by atoms with E-state index in [4.69, 9.17) is 0 Å². The lowest BCUT2D eigenvalue weighted by Crippen LogP contribution is -2.47. The number of nitrogens with one attached hydrogen (secondary N) is 2. The van der Waals surface area contributed by atoms with Gasteiger partial charge >= 0.3 is 0 Å². The largest absolute Gasteiger partial charge is 0.355 e. The highest BCUT2D eigenvalue weighted by Gasteiger charge is 2.34. The highest BCUT2D eigenvalue weighted by Crippen LogP contribution is 2.21. The summed E-state index contributed by atoms with van der Waals surface area (Å²) in [5.74, 6) is 0.254. The van der Waals surface area contributed by atoms with E-state index in [9.17, 15) is 9.59 Å². The van der Waals surface area contributed by atoms with Crippen LogP contribution in [0.4, 0.5) is 0 Å². The second-order valence-electron chi connectivity index (χ2n) is 6.61. The van der Waals surface area contributed by atoms with Gasteiger partial charge in [-0.3, -0.25) is 24.4 Å². The Labute approximate surface area is 177 Å². The first-order valence-corrected chi connectivity index (χ1v) is 9.29. The van der Waals surface area contributed by atoms with Crippen LogP contribution in [0.15, 0.2) is 29.3 Å².